The van der Waals surface area contributed by atoms with Crippen molar-refractivity contribution in [3.63, 3.8) is 0 Å². The average molecular weight is 788 g/mol. The third-order valence-corrected chi connectivity index (χ3v) is 7.67. The number of phenolic OH excluding ortho intramolecular Hbond substituents is 4. The number of aromatic carboxylic acids is 3. The quantitative estimate of drug-likeness (QED) is 0.0681. The van der Waals surface area contributed by atoms with E-state index in [1.807, 2.05) is 0 Å². The molecule has 0 saturated heterocycles. The van der Waals surface area contributed by atoms with Crippen LogP contribution in [0, 0.1) is 0 Å². The molecule has 0 heterocycles. The van der Waals surface area contributed by atoms with Crippen molar-refractivity contribution < 1.29 is 64.5 Å². The molecule has 0 atom stereocenters. The standard InChI is InChI=1S/C14H11NO5.2C14H11NO4/c16-8-5-6-11(10(7-8)14(19)20)15-13(18)9-3-1-2-4-12(9)17;16-10-6-7-12(11(8-10)14(18)19)15-13(17)9-4-2-1-3-5-9;16-10-6-7-11(14(18)19)12(8-10)15-13(17)9-4-2-1-3-5-9/h1-7,16-17H,(H,15,18)(H,19,20);2*1-8,16H,(H,15,17)(H,18,19). The summed E-state index contributed by atoms with van der Waals surface area (Å²) in [6.45, 7) is 0. The first kappa shape index (κ1) is 42.1. The Labute approximate surface area is 328 Å². The molecule has 0 aliphatic rings. The fourth-order valence-electron chi connectivity index (χ4n) is 4.88. The Morgan fingerprint density at radius 1 is 0.345 bits per heavy atom. The van der Waals surface area contributed by atoms with Crippen molar-refractivity contribution in [2.75, 3.05) is 16.0 Å². The molecule has 16 nitrogen and oxygen atoms in total. The molecule has 0 aliphatic carbocycles. The van der Waals surface area contributed by atoms with E-state index in [1.165, 1.54) is 54.6 Å². The van der Waals surface area contributed by atoms with Gasteiger partial charge in [0, 0.05) is 17.2 Å². The maximum Gasteiger partial charge on any atom is 0.337 e. The first-order valence-corrected chi connectivity index (χ1v) is 16.7. The number of carboxylic acid groups (broad SMARTS) is 3. The van der Waals surface area contributed by atoms with E-state index in [0.717, 1.165) is 12.1 Å². The van der Waals surface area contributed by atoms with Crippen LogP contribution >= 0.6 is 0 Å². The number of benzene rings is 6. The van der Waals surface area contributed by atoms with Crippen molar-refractivity contribution >= 4 is 52.7 Å². The number of carboxylic acids is 3. The third-order valence-electron chi connectivity index (χ3n) is 7.67. The van der Waals surface area contributed by atoms with Crippen molar-refractivity contribution in [1.29, 1.82) is 0 Å². The normalized spacial score (nSPS) is 9.93. The van der Waals surface area contributed by atoms with Crippen LogP contribution in [0.4, 0.5) is 17.1 Å². The molecular weight excluding hydrogens is 754 g/mol. The van der Waals surface area contributed by atoms with E-state index >= 15 is 0 Å². The number of rotatable bonds is 9. The van der Waals surface area contributed by atoms with E-state index in [-0.39, 0.29) is 62.3 Å². The number of amides is 3. The van der Waals surface area contributed by atoms with Crippen molar-refractivity contribution in [2.45, 2.75) is 0 Å². The molecule has 16 heteroatoms. The van der Waals surface area contributed by atoms with Crippen LogP contribution in [0.3, 0.4) is 0 Å². The molecule has 58 heavy (non-hydrogen) atoms. The van der Waals surface area contributed by atoms with Gasteiger partial charge in [0.05, 0.1) is 39.3 Å². The van der Waals surface area contributed by atoms with Gasteiger partial charge in [0.1, 0.15) is 23.0 Å². The van der Waals surface area contributed by atoms with Gasteiger partial charge in [-0.3, -0.25) is 14.4 Å². The molecule has 6 rings (SSSR count). The zero-order valence-electron chi connectivity index (χ0n) is 29.9. The highest BCUT2D eigenvalue weighted by molar-refractivity contribution is 6.10. The number of carbonyl (C=O) groups is 6. The summed E-state index contributed by atoms with van der Waals surface area (Å²) in [6, 6.07) is 33.7. The fraction of sp³-hybridized carbons (Fsp3) is 0. The van der Waals surface area contributed by atoms with E-state index in [1.54, 1.807) is 72.8 Å². The molecule has 0 aliphatic heterocycles. The summed E-state index contributed by atoms with van der Waals surface area (Å²) < 4.78 is 0. The van der Waals surface area contributed by atoms with E-state index in [2.05, 4.69) is 16.0 Å². The number of hydrogen-bond donors (Lipinski definition) is 10. The molecule has 294 valence electrons. The van der Waals surface area contributed by atoms with Crippen LogP contribution in [0.1, 0.15) is 62.1 Å². The Balaban J connectivity index is 0.000000193. The van der Waals surface area contributed by atoms with Crippen LogP contribution in [0.2, 0.25) is 0 Å². The predicted octanol–water partition coefficient (Wildman–Crippen LogP) is 6.73. The van der Waals surface area contributed by atoms with E-state index < -0.39 is 35.6 Å². The molecule has 0 radical (unpaired) electrons. The lowest BCUT2D eigenvalue weighted by molar-refractivity contribution is 0.0686. The van der Waals surface area contributed by atoms with Gasteiger partial charge in [0.2, 0.25) is 0 Å². The van der Waals surface area contributed by atoms with Crippen LogP contribution in [-0.4, -0.2) is 71.4 Å². The number of para-hydroxylation sites is 1. The van der Waals surface area contributed by atoms with Crippen molar-refractivity contribution in [1.82, 2.24) is 0 Å². The summed E-state index contributed by atoms with van der Waals surface area (Å²) in [5.41, 5.74) is 0.593. The van der Waals surface area contributed by atoms with Gasteiger partial charge in [-0.25, -0.2) is 14.4 Å². The lowest BCUT2D eigenvalue weighted by Gasteiger charge is -2.09. The second kappa shape index (κ2) is 19.6. The van der Waals surface area contributed by atoms with Crippen LogP contribution in [-0.2, 0) is 0 Å². The summed E-state index contributed by atoms with van der Waals surface area (Å²) in [4.78, 5) is 68.9. The molecule has 0 fully saturated rings. The van der Waals surface area contributed by atoms with Crippen molar-refractivity contribution in [3.05, 3.63) is 173 Å². The van der Waals surface area contributed by atoms with Crippen LogP contribution in [0.25, 0.3) is 0 Å². The van der Waals surface area contributed by atoms with Crippen molar-refractivity contribution in [3.8, 4) is 23.0 Å². The maximum atomic E-state index is 12.0. The minimum absolute atomic E-state index is 0.0249. The molecule has 0 bridgehead atoms. The van der Waals surface area contributed by atoms with Crippen molar-refractivity contribution in [2.24, 2.45) is 0 Å². The minimum atomic E-state index is -1.28. The van der Waals surface area contributed by atoms with Gasteiger partial charge in [0.15, 0.2) is 0 Å². The maximum absolute atomic E-state index is 12.0. The topological polar surface area (TPSA) is 280 Å². The highest BCUT2D eigenvalue weighted by atomic mass is 16.4. The summed E-state index contributed by atoms with van der Waals surface area (Å²) in [5.74, 6) is -5.89. The Kier molecular flexibility index (Phi) is 14.2. The number of anilines is 3. The minimum Gasteiger partial charge on any atom is -0.508 e. The van der Waals surface area contributed by atoms with Gasteiger partial charge in [-0.05, 0) is 84.9 Å². The zero-order valence-corrected chi connectivity index (χ0v) is 29.9. The molecule has 3 amide bonds. The first-order valence-electron chi connectivity index (χ1n) is 16.7. The van der Waals surface area contributed by atoms with Crippen LogP contribution in [0.5, 0.6) is 23.0 Å². The van der Waals surface area contributed by atoms with Crippen LogP contribution < -0.4 is 16.0 Å². The Morgan fingerprint density at radius 2 is 0.724 bits per heavy atom. The molecule has 0 saturated carbocycles. The zero-order chi connectivity index (χ0) is 42.4. The van der Waals surface area contributed by atoms with Gasteiger partial charge >= 0.3 is 17.9 Å². The number of phenols is 4. The molecule has 10 N–H and O–H groups in total. The second-order valence-corrected chi connectivity index (χ2v) is 11.7. The van der Waals surface area contributed by atoms with Gasteiger partial charge in [-0.1, -0.05) is 48.5 Å². The van der Waals surface area contributed by atoms with Gasteiger partial charge < -0.3 is 51.7 Å². The predicted molar refractivity (Wildman–Crippen MR) is 210 cm³/mol. The van der Waals surface area contributed by atoms with E-state index in [4.69, 9.17) is 15.3 Å². The van der Waals surface area contributed by atoms with Gasteiger partial charge in [-0.15, -0.1) is 0 Å². The second-order valence-electron chi connectivity index (χ2n) is 11.7. The Morgan fingerprint density at radius 3 is 1.17 bits per heavy atom. The smallest absolute Gasteiger partial charge is 0.337 e. The summed E-state index contributed by atoms with van der Waals surface area (Å²) >= 11 is 0. The lowest BCUT2D eigenvalue weighted by atomic mass is 10.1. The molecule has 6 aromatic carbocycles. The third kappa shape index (κ3) is 11.7. The highest BCUT2D eigenvalue weighted by Gasteiger charge is 2.17. The molecule has 0 unspecified atom stereocenters. The van der Waals surface area contributed by atoms with Gasteiger partial charge in [0.25, 0.3) is 17.7 Å². The van der Waals surface area contributed by atoms with Crippen LogP contribution in [0.15, 0.2) is 140 Å². The largest absolute Gasteiger partial charge is 0.508 e. The van der Waals surface area contributed by atoms with E-state index in [9.17, 15) is 49.2 Å². The number of hydrogen-bond acceptors (Lipinski definition) is 10. The number of nitrogens with one attached hydrogen (secondary N) is 3. The number of aromatic hydroxyl groups is 4. The van der Waals surface area contributed by atoms with Gasteiger partial charge in [-0.2, -0.15) is 0 Å². The van der Waals surface area contributed by atoms with E-state index in [0.29, 0.717) is 11.1 Å². The molecule has 0 aromatic heterocycles. The highest BCUT2D eigenvalue weighted by Crippen LogP contribution is 2.25. The summed E-state index contributed by atoms with van der Waals surface area (Å²) in [5, 5.41) is 71.8. The molecule has 0 spiro atoms. The Hall–Kier alpha value is -8.66. The number of carbonyl (C=O) groups excluding carboxylic acids is 3. The lowest BCUT2D eigenvalue weighted by Crippen LogP contribution is -2.14. The summed E-state index contributed by atoms with van der Waals surface area (Å²) in [6.07, 6.45) is 0. The SMILES string of the molecule is O=C(Nc1cc(O)ccc1C(=O)O)c1ccccc1.O=C(Nc1ccc(O)cc1C(=O)O)c1ccccc1.O=C(Nc1ccc(O)cc1C(=O)O)c1ccccc1O. The Bertz CT molecular complexity index is 2470. The monoisotopic (exact) mass is 787 g/mol. The average Bonchev–Trinajstić information content (AvgIpc) is 3.20. The fourth-order valence-corrected chi connectivity index (χ4v) is 4.88. The molecular formula is C42H33N3O13. The first-order chi connectivity index (χ1) is 27.6. The molecule has 6 aromatic rings. The summed E-state index contributed by atoms with van der Waals surface area (Å²) in [7, 11) is 0.